The number of aromatic hydroxyl groups is 3. The lowest BCUT2D eigenvalue weighted by Gasteiger charge is -2.41. The van der Waals surface area contributed by atoms with E-state index in [-0.39, 0.29) is 23.6 Å². The van der Waals surface area contributed by atoms with Crippen LogP contribution in [0.1, 0.15) is 13.8 Å². The molecule has 1 aromatic heterocycles. The number of aromatic nitrogens is 1. The first kappa shape index (κ1) is 13.5. The number of fused-ring (bicyclic) bond motifs is 1. The zero-order valence-electron chi connectivity index (χ0n) is 11.9. The predicted molar refractivity (Wildman–Crippen MR) is 78.0 cm³/mol. The quantitative estimate of drug-likeness (QED) is 0.681. The van der Waals surface area contributed by atoms with Crippen molar-refractivity contribution >= 4 is 5.69 Å². The van der Waals surface area contributed by atoms with Crippen LogP contribution >= 0.6 is 0 Å². The minimum Gasteiger partial charge on any atom is -0.508 e. The van der Waals surface area contributed by atoms with Crippen LogP contribution in [0.15, 0.2) is 30.3 Å². The summed E-state index contributed by atoms with van der Waals surface area (Å²) in [6.07, 6.45) is 0. The van der Waals surface area contributed by atoms with Gasteiger partial charge in [0.15, 0.2) is 11.8 Å². The molecule has 0 spiro atoms. The van der Waals surface area contributed by atoms with Crippen molar-refractivity contribution in [2.75, 3.05) is 5.32 Å². The lowest BCUT2D eigenvalue weighted by atomic mass is 9.95. The average molecular weight is 290 g/mol. The van der Waals surface area contributed by atoms with E-state index in [1.165, 1.54) is 16.7 Å². The van der Waals surface area contributed by atoms with Gasteiger partial charge in [-0.25, -0.2) is 0 Å². The van der Waals surface area contributed by atoms with E-state index < -0.39 is 5.60 Å². The molecule has 1 aliphatic heterocycles. The van der Waals surface area contributed by atoms with Crippen LogP contribution in [0.4, 0.5) is 5.69 Å². The molecule has 1 atom stereocenters. The highest BCUT2D eigenvalue weighted by molar-refractivity contribution is 5.62. The van der Waals surface area contributed by atoms with E-state index in [2.05, 4.69) is 5.32 Å². The fourth-order valence-corrected chi connectivity index (χ4v) is 2.52. The van der Waals surface area contributed by atoms with Crippen LogP contribution in [0, 0.1) is 0 Å². The van der Waals surface area contributed by atoms with Gasteiger partial charge in [-0.3, -0.25) is 4.57 Å². The number of phenolic OH excluding ortho intramolecular Hbond substituents is 1. The standard InChI is InChI=1S/C15H18N2O4/c1-15(2)12(8-17-13(19)5-6-14(17)20)16-10-7-9(18)3-4-11(10)21-15/h3-7,12,16,18-20H,8H2,1-2H3. The van der Waals surface area contributed by atoms with Crippen molar-refractivity contribution in [1.29, 1.82) is 0 Å². The lowest BCUT2D eigenvalue weighted by Crippen LogP contribution is -2.51. The number of hydrogen-bond acceptors (Lipinski definition) is 5. The summed E-state index contributed by atoms with van der Waals surface area (Å²) < 4.78 is 7.36. The fourth-order valence-electron chi connectivity index (χ4n) is 2.52. The minimum absolute atomic E-state index is 0.00759. The van der Waals surface area contributed by atoms with Crippen molar-refractivity contribution in [3.63, 3.8) is 0 Å². The Labute approximate surface area is 122 Å². The van der Waals surface area contributed by atoms with Gasteiger partial charge in [-0.05, 0) is 26.0 Å². The normalized spacial score (nSPS) is 19.4. The molecule has 0 aliphatic carbocycles. The summed E-state index contributed by atoms with van der Waals surface area (Å²) in [4.78, 5) is 0. The molecule has 0 bridgehead atoms. The number of anilines is 1. The number of phenols is 1. The maximum absolute atomic E-state index is 9.77. The third kappa shape index (κ3) is 2.33. The van der Waals surface area contributed by atoms with Crippen molar-refractivity contribution in [2.24, 2.45) is 0 Å². The number of nitrogens with one attached hydrogen (secondary N) is 1. The van der Waals surface area contributed by atoms with Crippen LogP contribution in [-0.4, -0.2) is 31.5 Å². The highest BCUT2D eigenvalue weighted by Crippen LogP contribution is 2.39. The van der Waals surface area contributed by atoms with Crippen LogP contribution in [-0.2, 0) is 6.54 Å². The number of benzene rings is 1. The smallest absolute Gasteiger partial charge is 0.193 e. The third-order valence-electron chi connectivity index (χ3n) is 3.80. The van der Waals surface area contributed by atoms with E-state index in [0.29, 0.717) is 18.0 Å². The van der Waals surface area contributed by atoms with E-state index >= 15 is 0 Å². The molecule has 6 heteroatoms. The van der Waals surface area contributed by atoms with E-state index in [1.54, 1.807) is 18.2 Å². The summed E-state index contributed by atoms with van der Waals surface area (Å²) in [5, 5.41) is 32.4. The Hall–Kier alpha value is -2.50. The predicted octanol–water partition coefficient (Wildman–Crippen LogP) is 2.26. The van der Waals surface area contributed by atoms with E-state index in [0.717, 1.165) is 0 Å². The molecule has 6 nitrogen and oxygen atoms in total. The average Bonchev–Trinajstić information content (AvgIpc) is 2.71. The fraction of sp³-hybridized carbons (Fsp3) is 0.333. The number of hydrogen-bond donors (Lipinski definition) is 4. The molecule has 1 unspecified atom stereocenters. The largest absolute Gasteiger partial charge is 0.508 e. The Morgan fingerprint density at radius 2 is 1.81 bits per heavy atom. The molecule has 4 N–H and O–H groups in total. The van der Waals surface area contributed by atoms with Crippen LogP contribution in [0.5, 0.6) is 23.3 Å². The molecule has 2 heterocycles. The highest BCUT2D eigenvalue weighted by atomic mass is 16.5. The molecular formula is C15H18N2O4. The van der Waals surface area contributed by atoms with E-state index in [9.17, 15) is 15.3 Å². The summed E-state index contributed by atoms with van der Waals surface area (Å²) in [6, 6.07) is 7.54. The monoisotopic (exact) mass is 290 g/mol. The summed E-state index contributed by atoms with van der Waals surface area (Å²) in [6.45, 7) is 4.18. The van der Waals surface area contributed by atoms with Gasteiger partial charge >= 0.3 is 0 Å². The Balaban J connectivity index is 1.92. The SMILES string of the molecule is CC1(C)Oc2ccc(O)cc2NC1Cn1c(O)ccc1O. The summed E-state index contributed by atoms with van der Waals surface area (Å²) in [7, 11) is 0. The Bertz CT molecular complexity index is 659. The first-order chi connectivity index (χ1) is 9.87. The maximum Gasteiger partial charge on any atom is 0.193 e. The molecule has 1 aliphatic rings. The van der Waals surface area contributed by atoms with Gasteiger partial charge in [0.1, 0.15) is 17.1 Å². The third-order valence-corrected chi connectivity index (χ3v) is 3.80. The van der Waals surface area contributed by atoms with E-state index in [4.69, 9.17) is 4.74 Å². The number of nitrogens with zero attached hydrogens (tertiary/aromatic N) is 1. The second kappa shape index (κ2) is 4.51. The first-order valence-corrected chi connectivity index (χ1v) is 6.73. The summed E-state index contributed by atoms with van der Waals surface area (Å²) in [5.41, 5.74) is 0.137. The summed E-state index contributed by atoms with van der Waals surface area (Å²) in [5.74, 6) is 0.795. The van der Waals surface area contributed by atoms with Crippen molar-refractivity contribution in [3.05, 3.63) is 30.3 Å². The Morgan fingerprint density at radius 1 is 1.14 bits per heavy atom. The zero-order valence-corrected chi connectivity index (χ0v) is 11.9. The molecule has 21 heavy (non-hydrogen) atoms. The van der Waals surface area contributed by atoms with Gasteiger partial charge in [0, 0.05) is 18.2 Å². The molecule has 0 saturated heterocycles. The highest BCUT2D eigenvalue weighted by Gasteiger charge is 2.37. The van der Waals surface area contributed by atoms with Crippen LogP contribution < -0.4 is 10.1 Å². The summed E-state index contributed by atoms with van der Waals surface area (Å²) >= 11 is 0. The lowest BCUT2D eigenvalue weighted by molar-refractivity contribution is 0.0701. The molecule has 0 saturated carbocycles. The van der Waals surface area contributed by atoms with Gasteiger partial charge in [0.2, 0.25) is 0 Å². The molecule has 3 rings (SSSR count). The molecule has 0 fully saturated rings. The maximum atomic E-state index is 9.77. The molecule has 2 aromatic rings. The molecule has 112 valence electrons. The molecule has 0 radical (unpaired) electrons. The Morgan fingerprint density at radius 3 is 2.48 bits per heavy atom. The van der Waals surface area contributed by atoms with Gasteiger partial charge < -0.3 is 25.4 Å². The topological polar surface area (TPSA) is 86.9 Å². The van der Waals surface area contributed by atoms with Crippen LogP contribution in [0.3, 0.4) is 0 Å². The minimum atomic E-state index is -0.548. The van der Waals surface area contributed by atoms with E-state index in [1.807, 2.05) is 13.8 Å². The second-order valence-electron chi connectivity index (χ2n) is 5.74. The van der Waals surface area contributed by atoms with Crippen molar-refractivity contribution in [1.82, 2.24) is 4.57 Å². The number of rotatable bonds is 2. The van der Waals surface area contributed by atoms with Gasteiger partial charge in [-0.15, -0.1) is 0 Å². The van der Waals surface area contributed by atoms with Crippen LogP contribution in [0.2, 0.25) is 0 Å². The Kier molecular flexibility index (Phi) is 2.90. The van der Waals surface area contributed by atoms with Gasteiger partial charge in [-0.1, -0.05) is 0 Å². The number of ether oxygens (including phenoxy) is 1. The van der Waals surface area contributed by atoms with Gasteiger partial charge in [0.05, 0.1) is 18.3 Å². The second-order valence-corrected chi connectivity index (χ2v) is 5.74. The molecule has 1 aromatic carbocycles. The van der Waals surface area contributed by atoms with Crippen molar-refractivity contribution in [3.8, 4) is 23.3 Å². The van der Waals surface area contributed by atoms with Gasteiger partial charge in [0.25, 0.3) is 0 Å². The van der Waals surface area contributed by atoms with Crippen molar-refractivity contribution < 1.29 is 20.1 Å². The molecule has 0 amide bonds. The zero-order chi connectivity index (χ0) is 15.2. The molecular weight excluding hydrogens is 272 g/mol. The van der Waals surface area contributed by atoms with Gasteiger partial charge in [-0.2, -0.15) is 0 Å². The first-order valence-electron chi connectivity index (χ1n) is 6.73. The van der Waals surface area contributed by atoms with Crippen LogP contribution in [0.25, 0.3) is 0 Å². The van der Waals surface area contributed by atoms with Crippen molar-refractivity contribution in [2.45, 2.75) is 32.0 Å².